The summed E-state index contributed by atoms with van der Waals surface area (Å²) in [5, 5.41) is 8.91. The van der Waals surface area contributed by atoms with E-state index in [2.05, 4.69) is 9.71 Å². The highest BCUT2D eigenvalue weighted by Crippen LogP contribution is 2.25. The van der Waals surface area contributed by atoms with E-state index in [0.29, 0.717) is 11.3 Å². The number of benzene rings is 2. The summed E-state index contributed by atoms with van der Waals surface area (Å²) < 4.78 is 27.4. The molecule has 0 atom stereocenters. The highest BCUT2D eigenvalue weighted by atomic mass is 32.2. The molecule has 7 heteroatoms. The highest BCUT2D eigenvalue weighted by molar-refractivity contribution is 7.98. The van der Waals surface area contributed by atoms with Crippen LogP contribution in [-0.2, 0) is 15.8 Å². The van der Waals surface area contributed by atoms with Crippen molar-refractivity contribution in [2.24, 2.45) is 0 Å². The van der Waals surface area contributed by atoms with Gasteiger partial charge in [-0.2, -0.15) is 5.26 Å². The Bertz CT molecular complexity index is 1030. The summed E-state index contributed by atoms with van der Waals surface area (Å²) >= 11 is 1.65. The maximum absolute atomic E-state index is 12.4. The van der Waals surface area contributed by atoms with E-state index < -0.39 is 10.0 Å². The SMILES string of the molecule is N#Cc1cccc(S(=O)(=O)Nc2ccc(SCc3cccnc3)cc2)c1. The first-order chi connectivity index (χ1) is 12.6. The molecule has 0 saturated heterocycles. The van der Waals surface area contributed by atoms with E-state index in [1.807, 2.05) is 36.5 Å². The molecular weight excluding hydrogens is 366 g/mol. The van der Waals surface area contributed by atoms with Crippen LogP contribution >= 0.6 is 11.8 Å². The molecule has 0 saturated carbocycles. The van der Waals surface area contributed by atoms with Gasteiger partial charge in [0.25, 0.3) is 10.0 Å². The topological polar surface area (TPSA) is 82.8 Å². The molecule has 0 spiro atoms. The fourth-order valence-corrected chi connectivity index (χ4v) is 4.15. The quantitative estimate of drug-likeness (QED) is 0.652. The Morgan fingerprint density at radius 1 is 1.08 bits per heavy atom. The van der Waals surface area contributed by atoms with E-state index >= 15 is 0 Å². The van der Waals surface area contributed by atoms with Crippen LogP contribution < -0.4 is 4.72 Å². The molecule has 0 radical (unpaired) electrons. The van der Waals surface area contributed by atoms with Gasteiger partial charge >= 0.3 is 0 Å². The third kappa shape index (κ3) is 4.63. The first-order valence-corrected chi connectivity index (χ1v) is 10.2. The minimum Gasteiger partial charge on any atom is -0.280 e. The third-order valence-electron chi connectivity index (χ3n) is 3.51. The lowest BCUT2D eigenvalue weighted by molar-refractivity contribution is 0.601. The molecule has 130 valence electrons. The number of hydrogen-bond donors (Lipinski definition) is 1. The second-order valence-electron chi connectivity index (χ2n) is 5.42. The van der Waals surface area contributed by atoms with Gasteiger partial charge in [-0.15, -0.1) is 11.8 Å². The van der Waals surface area contributed by atoms with Crippen molar-refractivity contribution in [1.82, 2.24) is 4.98 Å². The molecule has 1 aromatic heterocycles. The lowest BCUT2D eigenvalue weighted by atomic mass is 10.2. The minimum absolute atomic E-state index is 0.0616. The van der Waals surface area contributed by atoms with Crippen molar-refractivity contribution in [2.75, 3.05) is 4.72 Å². The molecule has 1 N–H and O–H groups in total. The van der Waals surface area contributed by atoms with E-state index in [9.17, 15) is 8.42 Å². The summed E-state index contributed by atoms with van der Waals surface area (Å²) in [6.45, 7) is 0. The Kier molecular flexibility index (Phi) is 5.56. The molecule has 0 aliphatic heterocycles. The van der Waals surface area contributed by atoms with E-state index in [1.165, 1.54) is 12.1 Å². The van der Waals surface area contributed by atoms with Crippen LogP contribution in [0.4, 0.5) is 5.69 Å². The van der Waals surface area contributed by atoms with Crippen LogP contribution in [0, 0.1) is 11.3 Å². The summed E-state index contributed by atoms with van der Waals surface area (Å²) in [7, 11) is -3.73. The number of aromatic nitrogens is 1. The molecule has 0 amide bonds. The summed E-state index contributed by atoms with van der Waals surface area (Å²) in [5.41, 5.74) is 1.90. The molecule has 3 aromatic rings. The number of hydrogen-bond acceptors (Lipinski definition) is 5. The van der Waals surface area contributed by atoms with Crippen LogP contribution in [0.15, 0.2) is 82.8 Å². The third-order valence-corrected chi connectivity index (χ3v) is 5.97. The fraction of sp³-hybridized carbons (Fsp3) is 0.0526. The van der Waals surface area contributed by atoms with E-state index in [-0.39, 0.29) is 4.90 Å². The highest BCUT2D eigenvalue weighted by Gasteiger charge is 2.14. The van der Waals surface area contributed by atoms with Gasteiger partial charge in [0.05, 0.1) is 16.5 Å². The summed E-state index contributed by atoms with van der Waals surface area (Å²) in [6, 6.07) is 18.9. The number of nitrogens with zero attached hydrogens (tertiary/aromatic N) is 2. The Labute approximate surface area is 156 Å². The number of sulfonamides is 1. The lowest BCUT2D eigenvalue weighted by Gasteiger charge is -2.09. The maximum Gasteiger partial charge on any atom is 0.261 e. The predicted molar refractivity (Wildman–Crippen MR) is 102 cm³/mol. The van der Waals surface area contributed by atoms with Crippen molar-refractivity contribution < 1.29 is 8.42 Å². The molecule has 1 heterocycles. The minimum atomic E-state index is -3.73. The van der Waals surface area contributed by atoms with Gasteiger partial charge in [0.1, 0.15) is 0 Å². The van der Waals surface area contributed by atoms with Crippen LogP contribution in [0.5, 0.6) is 0 Å². The van der Waals surface area contributed by atoms with Crippen molar-refractivity contribution in [2.45, 2.75) is 15.5 Å². The normalized spacial score (nSPS) is 10.9. The summed E-state index contributed by atoms with van der Waals surface area (Å²) in [4.78, 5) is 5.17. The first-order valence-electron chi connectivity index (χ1n) is 7.71. The van der Waals surface area contributed by atoms with E-state index in [4.69, 9.17) is 5.26 Å². The van der Waals surface area contributed by atoms with Gasteiger partial charge < -0.3 is 0 Å². The van der Waals surface area contributed by atoms with Gasteiger partial charge in [-0.25, -0.2) is 8.42 Å². The van der Waals surface area contributed by atoms with Crippen LogP contribution in [0.25, 0.3) is 0 Å². The molecule has 26 heavy (non-hydrogen) atoms. The van der Waals surface area contributed by atoms with Crippen molar-refractivity contribution in [3.05, 3.63) is 84.2 Å². The summed E-state index contributed by atoms with van der Waals surface area (Å²) in [5.74, 6) is 0.792. The lowest BCUT2D eigenvalue weighted by Crippen LogP contribution is -2.12. The molecule has 2 aromatic carbocycles. The van der Waals surface area contributed by atoms with E-state index in [0.717, 1.165) is 16.2 Å². The van der Waals surface area contributed by atoms with Gasteiger partial charge in [-0.3, -0.25) is 9.71 Å². The maximum atomic E-state index is 12.4. The number of nitriles is 1. The fourth-order valence-electron chi connectivity index (χ4n) is 2.22. The van der Waals surface area contributed by atoms with Crippen molar-refractivity contribution >= 4 is 27.5 Å². The summed E-state index contributed by atoms with van der Waals surface area (Å²) in [6.07, 6.45) is 3.56. The Morgan fingerprint density at radius 3 is 2.58 bits per heavy atom. The van der Waals surface area contributed by atoms with Crippen molar-refractivity contribution in [3.8, 4) is 6.07 Å². The van der Waals surface area contributed by atoms with Crippen LogP contribution in [0.1, 0.15) is 11.1 Å². The molecule has 0 aliphatic rings. The zero-order chi connectivity index (χ0) is 18.4. The zero-order valence-electron chi connectivity index (χ0n) is 13.7. The number of anilines is 1. The van der Waals surface area contributed by atoms with Gasteiger partial charge in [-0.1, -0.05) is 12.1 Å². The standard InChI is InChI=1S/C19H15N3O2S2/c20-12-15-3-1-5-19(11-15)26(23,24)22-17-6-8-18(9-7-17)25-14-16-4-2-10-21-13-16/h1-11,13,22H,14H2. The van der Waals surface area contributed by atoms with Crippen molar-refractivity contribution in [1.29, 1.82) is 5.26 Å². The number of rotatable bonds is 6. The van der Waals surface area contributed by atoms with Crippen LogP contribution in [-0.4, -0.2) is 13.4 Å². The predicted octanol–water partition coefficient (Wildman–Crippen LogP) is 4.05. The van der Waals surface area contributed by atoms with Crippen LogP contribution in [0.2, 0.25) is 0 Å². The van der Waals surface area contributed by atoms with Gasteiger partial charge in [0.15, 0.2) is 0 Å². The van der Waals surface area contributed by atoms with E-state index in [1.54, 1.807) is 42.2 Å². The smallest absolute Gasteiger partial charge is 0.261 e. The number of thioether (sulfide) groups is 1. The molecule has 0 aliphatic carbocycles. The Morgan fingerprint density at radius 2 is 1.88 bits per heavy atom. The zero-order valence-corrected chi connectivity index (χ0v) is 15.3. The monoisotopic (exact) mass is 381 g/mol. The molecule has 5 nitrogen and oxygen atoms in total. The van der Waals surface area contributed by atoms with Gasteiger partial charge in [0.2, 0.25) is 0 Å². The number of pyridine rings is 1. The molecule has 0 unspecified atom stereocenters. The molecule has 0 fully saturated rings. The second kappa shape index (κ2) is 8.04. The average molecular weight is 381 g/mol. The van der Waals surface area contributed by atoms with Gasteiger partial charge in [-0.05, 0) is 54.1 Å². The van der Waals surface area contributed by atoms with Crippen LogP contribution in [0.3, 0.4) is 0 Å². The largest absolute Gasteiger partial charge is 0.280 e. The van der Waals surface area contributed by atoms with Gasteiger partial charge in [0, 0.05) is 28.7 Å². The molecular formula is C19H15N3O2S2. The first kappa shape index (κ1) is 18.0. The Hall–Kier alpha value is -2.82. The Balaban J connectivity index is 1.67. The molecule has 0 bridgehead atoms. The second-order valence-corrected chi connectivity index (χ2v) is 8.15. The average Bonchev–Trinajstić information content (AvgIpc) is 2.68. The molecule has 3 rings (SSSR count). The van der Waals surface area contributed by atoms with Crippen molar-refractivity contribution in [3.63, 3.8) is 0 Å². The number of nitrogens with one attached hydrogen (secondary N) is 1.